The largest absolute Gasteiger partial charge is 0.370 e. The fraction of sp³-hybridized carbons (Fsp3) is 0.214. The van der Waals surface area contributed by atoms with Crippen LogP contribution in [0.4, 0.5) is 15.9 Å². The van der Waals surface area contributed by atoms with E-state index in [2.05, 4.69) is 10.3 Å². The summed E-state index contributed by atoms with van der Waals surface area (Å²) in [5.41, 5.74) is 1.25. The molecule has 6 heteroatoms. The Labute approximate surface area is 115 Å². The van der Waals surface area contributed by atoms with Crippen LogP contribution in [0.1, 0.15) is 11.3 Å². The molecule has 0 amide bonds. The molecule has 0 saturated heterocycles. The molecule has 0 aliphatic heterocycles. The summed E-state index contributed by atoms with van der Waals surface area (Å²) < 4.78 is 13.0. The number of nitro groups is 1. The first-order valence-corrected chi connectivity index (χ1v) is 6.16. The lowest BCUT2D eigenvalue weighted by atomic mass is 10.1. The van der Waals surface area contributed by atoms with Crippen LogP contribution in [0.2, 0.25) is 0 Å². The lowest BCUT2D eigenvalue weighted by Crippen LogP contribution is -2.07. The highest BCUT2D eigenvalue weighted by Crippen LogP contribution is 2.17. The van der Waals surface area contributed by atoms with Crippen LogP contribution in [0.15, 0.2) is 36.4 Å². The average molecular weight is 275 g/mol. The molecule has 20 heavy (non-hydrogen) atoms. The van der Waals surface area contributed by atoms with E-state index < -0.39 is 4.92 Å². The van der Waals surface area contributed by atoms with Gasteiger partial charge in [0, 0.05) is 12.6 Å². The number of aromatic nitrogens is 1. The lowest BCUT2D eigenvalue weighted by molar-refractivity contribution is -0.385. The van der Waals surface area contributed by atoms with Gasteiger partial charge in [0.05, 0.1) is 4.92 Å². The van der Waals surface area contributed by atoms with Crippen LogP contribution in [-0.2, 0) is 6.42 Å². The zero-order chi connectivity index (χ0) is 14.5. The zero-order valence-corrected chi connectivity index (χ0v) is 11.0. The minimum atomic E-state index is -0.459. The van der Waals surface area contributed by atoms with E-state index in [4.69, 9.17) is 0 Å². The minimum Gasteiger partial charge on any atom is -0.370 e. The first kappa shape index (κ1) is 13.9. The van der Waals surface area contributed by atoms with Crippen LogP contribution in [-0.4, -0.2) is 16.5 Å². The second-order valence-corrected chi connectivity index (χ2v) is 4.36. The zero-order valence-electron chi connectivity index (χ0n) is 11.0. The third-order valence-corrected chi connectivity index (χ3v) is 2.86. The van der Waals surface area contributed by atoms with Crippen LogP contribution < -0.4 is 5.32 Å². The number of pyridine rings is 1. The molecular weight excluding hydrogens is 261 g/mol. The number of hydrogen-bond acceptors (Lipinski definition) is 4. The molecule has 0 aliphatic carbocycles. The summed E-state index contributed by atoms with van der Waals surface area (Å²) in [6.45, 7) is 2.17. The number of rotatable bonds is 5. The average Bonchev–Trinajstić information content (AvgIpc) is 2.38. The molecular formula is C14H14FN3O2. The number of anilines is 1. The molecule has 2 rings (SSSR count). The molecule has 0 atom stereocenters. The topological polar surface area (TPSA) is 68.1 Å². The van der Waals surface area contributed by atoms with Gasteiger partial charge < -0.3 is 5.32 Å². The molecule has 0 unspecified atom stereocenters. The van der Waals surface area contributed by atoms with Gasteiger partial charge in [-0.05, 0) is 37.1 Å². The lowest BCUT2D eigenvalue weighted by Gasteiger charge is -2.06. The molecule has 0 aliphatic rings. The van der Waals surface area contributed by atoms with Gasteiger partial charge in [-0.2, -0.15) is 0 Å². The van der Waals surface area contributed by atoms with Gasteiger partial charge in [0.2, 0.25) is 0 Å². The van der Waals surface area contributed by atoms with Gasteiger partial charge in [-0.1, -0.05) is 12.1 Å². The van der Waals surface area contributed by atoms with Gasteiger partial charge in [0.25, 0.3) is 5.69 Å². The van der Waals surface area contributed by atoms with Gasteiger partial charge in [-0.3, -0.25) is 10.1 Å². The first-order valence-electron chi connectivity index (χ1n) is 6.16. The smallest absolute Gasteiger partial charge is 0.290 e. The maximum Gasteiger partial charge on any atom is 0.290 e. The predicted molar refractivity (Wildman–Crippen MR) is 74.2 cm³/mol. The van der Waals surface area contributed by atoms with Crippen molar-refractivity contribution in [3.8, 4) is 0 Å². The van der Waals surface area contributed by atoms with Gasteiger partial charge in [0.15, 0.2) is 0 Å². The highest BCUT2D eigenvalue weighted by Gasteiger charge is 2.11. The molecule has 0 saturated carbocycles. The van der Waals surface area contributed by atoms with E-state index in [-0.39, 0.29) is 11.5 Å². The molecule has 5 nitrogen and oxygen atoms in total. The molecule has 2 aromatic rings. The fourth-order valence-electron chi connectivity index (χ4n) is 1.87. The molecule has 104 valence electrons. The van der Waals surface area contributed by atoms with Crippen molar-refractivity contribution < 1.29 is 9.31 Å². The quantitative estimate of drug-likeness (QED) is 0.672. The van der Waals surface area contributed by atoms with Crippen LogP contribution in [0, 0.1) is 22.9 Å². The summed E-state index contributed by atoms with van der Waals surface area (Å²) >= 11 is 0. The van der Waals surface area contributed by atoms with Gasteiger partial charge in [-0.15, -0.1) is 0 Å². The Morgan fingerprint density at radius 1 is 1.35 bits per heavy atom. The van der Waals surface area contributed by atoms with E-state index in [0.29, 0.717) is 24.5 Å². The van der Waals surface area contributed by atoms with E-state index in [9.17, 15) is 14.5 Å². The van der Waals surface area contributed by atoms with Crippen molar-refractivity contribution in [2.75, 3.05) is 11.9 Å². The molecule has 0 bridgehead atoms. The number of halogens is 1. The van der Waals surface area contributed by atoms with Crippen molar-refractivity contribution in [2.24, 2.45) is 0 Å². The van der Waals surface area contributed by atoms with E-state index in [0.717, 1.165) is 5.56 Å². The summed E-state index contributed by atoms with van der Waals surface area (Å²) in [5, 5.41) is 13.7. The van der Waals surface area contributed by atoms with Crippen LogP contribution in [0.3, 0.4) is 0 Å². The Bertz CT molecular complexity index is 632. The summed E-state index contributed by atoms with van der Waals surface area (Å²) in [4.78, 5) is 14.3. The van der Waals surface area contributed by atoms with Crippen LogP contribution in [0.25, 0.3) is 0 Å². The standard InChI is InChI=1S/C14H14FN3O2/c1-10-13(18(19)20)5-6-14(17-10)16-8-7-11-3-2-4-12(15)9-11/h2-6,9H,7-8H2,1H3,(H,16,17). The number of benzene rings is 1. The Kier molecular flexibility index (Phi) is 4.24. The van der Waals surface area contributed by atoms with Gasteiger partial charge >= 0.3 is 0 Å². The van der Waals surface area contributed by atoms with Gasteiger partial charge in [0.1, 0.15) is 17.3 Å². The van der Waals surface area contributed by atoms with Crippen LogP contribution >= 0.6 is 0 Å². The second-order valence-electron chi connectivity index (χ2n) is 4.36. The highest BCUT2D eigenvalue weighted by molar-refractivity contribution is 5.44. The van der Waals surface area contributed by atoms with Gasteiger partial charge in [-0.25, -0.2) is 9.37 Å². The summed E-state index contributed by atoms with van der Waals surface area (Å²) in [6, 6.07) is 9.39. The van der Waals surface area contributed by atoms with Crippen molar-refractivity contribution >= 4 is 11.5 Å². The first-order chi connectivity index (χ1) is 9.56. The Hall–Kier alpha value is -2.50. The maximum absolute atomic E-state index is 13.0. The monoisotopic (exact) mass is 275 g/mol. The Morgan fingerprint density at radius 3 is 2.80 bits per heavy atom. The normalized spacial score (nSPS) is 10.3. The second kappa shape index (κ2) is 6.10. The maximum atomic E-state index is 13.0. The number of nitrogens with zero attached hydrogens (tertiary/aromatic N) is 2. The highest BCUT2D eigenvalue weighted by atomic mass is 19.1. The summed E-state index contributed by atoms with van der Waals surface area (Å²) in [6.07, 6.45) is 0.648. The molecule has 1 N–H and O–H groups in total. The minimum absolute atomic E-state index is 0.000630. The van der Waals surface area contributed by atoms with Crippen molar-refractivity contribution in [1.82, 2.24) is 4.98 Å². The summed E-state index contributed by atoms with van der Waals surface area (Å²) in [5.74, 6) is 0.316. The molecule has 1 aromatic heterocycles. The number of hydrogen-bond donors (Lipinski definition) is 1. The van der Waals surface area contributed by atoms with Crippen molar-refractivity contribution in [3.63, 3.8) is 0 Å². The van der Waals surface area contributed by atoms with Crippen LogP contribution in [0.5, 0.6) is 0 Å². The Morgan fingerprint density at radius 2 is 2.15 bits per heavy atom. The van der Waals surface area contributed by atoms with Crippen molar-refractivity contribution in [2.45, 2.75) is 13.3 Å². The van der Waals surface area contributed by atoms with E-state index in [1.165, 1.54) is 18.2 Å². The third kappa shape index (κ3) is 3.50. The molecule has 1 heterocycles. The SMILES string of the molecule is Cc1nc(NCCc2cccc(F)c2)ccc1[N+](=O)[O-]. The number of nitrogens with one attached hydrogen (secondary N) is 1. The Balaban J connectivity index is 1.94. The van der Waals surface area contributed by atoms with Crippen molar-refractivity contribution in [3.05, 3.63) is 63.6 Å². The van der Waals surface area contributed by atoms with E-state index in [1.807, 2.05) is 6.07 Å². The number of aryl methyl sites for hydroxylation is 1. The van der Waals surface area contributed by atoms with E-state index >= 15 is 0 Å². The molecule has 1 aromatic carbocycles. The predicted octanol–water partition coefficient (Wildman–Crippen LogP) is 3.09. The molecule has 0 spiro atoms. The summed E-state index contributed by atoms with van der Waals surface area (Å²) in [7, 11) is 0. The molecule has 0 radical (unpaired) electrons. The third-order valence-electron chi connectivity index (χ3n) is 2.86. The van der Waals surface area contributed by atoms with E-state index in [1.54, 1.807) is 19.1 Å². The molecule has 0 fully saturated rings. The van der Waals surface area contributed by atoms with Crippen molar-refractivity contribution in [1.29, 1.82) is 0 Å². The fourth-order valence-corrected chi connectivity index (χ4v) is 1.87.